The summed E-state index contributed by atoms with van der Waals surface area (Å²) in [5.74, 6) is 0.714. The van der Waals surface area contributed by atoms with Crippen LogP contribution in [0.15, 0.2) is 31.9 Å². The maximum atomic E-state index is 5.28. The third-order valence-corrected chi connectivity index (χ3v) is 2.39. The zero-order valence-electron chi connectivity index (χ0n) is 9.17. The molecule has 0 aromatic heterocycles. The zero-order valence-corrected chi connectivity index (χ0v) is 13.5. The van der Waals surface area contributed by atoms with Crippen molar-refractivity contribution >= 4 is 41.1 Å². The monoisotopic (exact) mass is 447 g/mol. The Balaban J connectivity index is 0. The van der Waals surface area contributed by atoms with Gasteiger partial charge in [0, 0.05) is 10.6 Å². The third-order valence-electron chi connectivity index (χ3n) is 1.43. The Bertz CT molecular complexity index is 331. The van der Waals surface area contributed by atoms with Crippen LogP contribution in [-0.2, 0) is 0 Å². The first-order valence-electron chi connectivity index (χ1n) is 4.20. The summed E-state index contributed by atoms with van der Waals surface area (Å²) in [5, 5.41) is 2.95. The fourth-order valence-electron chi connectivity index (χ4n) is 0.805. The van der Waals surface area contributed by atoms with Crippen molar-refractivity contribution < 1.29 is 29.0 Å². The van der Waals surface area contributed by atoms with E-state index in [9.17, 15) is 0 Å². The van der Waals surface area contributed by atoms with E-state index in [1.54, 1.807) is 26.5 Å². The van der Waals surface area contributed by atoms with E-state index in [0.717, 1.165) is 3.58 Å². The van der Waals surface area contributed by atoms with E-state index in [-0.39, 0.29) is 24.0 Å². The van der Waals surface area contributed by atoms with Crippen molar-refractivity contribution in [1.29, 1.82) is 0 Å². The van der Waals surface area contributed by atoms with Gasteiger partial charge >= 0.3 is 5.84 Å². The summed E-state index contributed by atoms with van der Waals surface area (Å²) in [5.41, 5.74) is 5.97. The minimum absolute atomic E-state index is 0. The van der Waals surface area contributed by atoms with Crippen LogP contribution in [0.2, 0.25) is 0 Å². The van der Waals surface area contributed by atoms with Gasteiger partial charge in [-0.15, -0.1) is 0 Å². The zero-order chi connectivity index (χ0) is 11.7. The lowest BCUT2D eigenvalue weighted by Gasteiger charge is -2.00. The smallest absolute Gasteiger partial charge is 0.300 e. The number of nitrogens with one attached hydrogen (secondary N) is 2. The molecule has 0 amide bonds. The summed E-state index contributed by atoms with van der Waals surface area (Å²) in [6, 6.07) is 0. The number of hydrogen-bond donors (Lipinski definition) is 3. The normalized spacial score (nSPS) is 13.6. The first-order chi connectivity index (χ1) is 7.21. The molecule has 0 rings (SSSR count). The van der Waals surface area contributed by atoms with Crippen molar-refractivity contribution in [3.05, 3.63) is 21.9 Å². The molecule has 0 radical (unpaired) electrons. The van der Waals surface area contributed by atoms with Crippen molar-refractivity contribution in [3.63, 3.8) is 0 Å². The fraction of sp³-hybridized carbons (Fsp3) is 0.222. The van der Waals surface area contributed by atoms with Gasteiger partial charge in [0.15, 0.2) is 12.0 Å². The van der Waals surface area contributed by atoms with Gasteiger partial charge in [0.2, 0.25) is 0 Å². The number of nitrogens with two attached hydrogens (primary N) is 1. The number of halogens is 2. The molecule has 0 unspecified atom stereocenters. The maximum absolute atomic E-state index is 5.28. The van der Waals surface area contributed by atoms with E-state index in [1.165, 1.54) is 6.34 Å². The second kappa shape index (κ2) is 11.0. The minimum Gasteiger partial charge on any atom is -1.00 e. The average molecular weight is 447 g/mol. The molecular formula is C9H15I2N5. The van der Waals surface area contributed by atoms with Crippen LogP contribution in [0.4, 0.5) is 0 Å². The van der Waals surface area contributed by atoms with Crippen LogP contribution in [0, 0.1) is 0 Å². The molecule has 0 atom stereocenters. The summed E-state index contributed by atoms with van der Waals surface area (Å²) in [6.07, 6.45) is 4.50. The van der Waals surface area contributed by atoms with Crippen molar-refractivity contribution in [2.75, 3.05) is 14.1 Å². The first kappa shape index (κ1) is 17.9. The maximum Gasteiger partial charge on any atom is 0.300 e. The molecule has 0 spiro atoms. The Labute approximate surface area is 126 Å². The lowest BCUT2D eigenvalue weighted by atomic mass is 10.3. The van der Waals surface area contributed by atoms with E-state index in [1.807, 2.05) is 0 Å². The quantitative estimate of drug-likeness (QED) is 0.179. The van der Waals surface area contributed by atoms with Crippen molar-refractivity contribution in [3.8, 4) is 0 Å². The van der Waals surface area contributed by atoms with Gasteiger partial charge in [-0.3, -0.25) is 9.98 Å². The van der Waals surface area contributed by atoms with Crippen LogP contribution in [0.25, 0.3) is 0 Å². The molecule has 4 N–H and O–H groups in total. The van der Waals surface area contributed by atoms with Gasteiger partial charge in [0.25, 0.3) is 0 Å². The SMILES string of the molecule is C=C/C(I)=C(\N=CN)C(NC=NC)=[NH+]C.[I-]. The van der Waals surface area contributed by atoms with Gasteiger partial charge in [0.1, 0.15) is 0 Å². The van der Waals surface area contributed by atoms with Gasteiger partial charge in [-0.05, 0) is 22.6 Å². The number of rotatable bonds is 4. The van der Waals surface area contributed by atoms with Crippen LogP contribution < -0.4 is 40.0 Å². The molecule has 0 aliphatic rings. The highest BCUT2D eigenvalue weighted by molar-refractivity contribution is 14.1. The highest BCUT2D eigenvalue weighted by Gasteiger charge is 2.13. The molecular weight excluding hydrogens is 432 g/mol. The van der Waals surface area contributed by atoms with Crippen molar-refractivity contribution in [2.45, 2.75) is 0 Å². The molecule has 90 valence electrons. The molecule has 0 saturated heterocycles. The van der Waals surface area contributed by atoms with Crippen LogP contribution in [-0.4, -0.2) is 32.6 Å². The number of nitrogens with zero attached hydrogens (tertiary/aromatic N) is 2. The molecule has 0 aliphatic carbocycles. The second-order valence-corrected chi connectivity index (χ2v) is 3.50. The van der Waals surface area contributed by atoms with E-state index in [4.69, 9.17) is 5.73 Å². The Morgan fingerprint density at radius 3 is 2.56 bits per heavy atom. The summed E-state index contributed by atoms with van der Waals surface area (Å²) in [7, 11) is 3.46. The molecule has 0 aromatic carbocycles. The summed E-state index contributed by atoms with van der Waals surface area (Å²) < 4.78 is 0.885. The van der Waals surface area contributed by atoms with E-state index in [2.05, 4.69) is 49.5 Å². The van der Waals surface area contributed by atoms with Crippen LogP contribution in [0.1, 0.15) is 0 Å². The highest BCUT2D eigenvalue weighted by Crippen LogP contribution is 2.13. The van der Waals surface area contributed by atoms with Crippen molar-refractivity contribution in [2.24, 2.45) is 15.7 Å². The summed E-state index contributed by atoms with van der Waals surface area (Å²) in [6.45, 7) is 3.68. The van der Waals surface area contributed by atoms with E-state index >= 15 is 0 Å². The summed E-state index contributed by atoms with van der Waals surface area (Å²) in [4.78, 5) is 10.8. The highest BCUT2D eigenvalue weighted by atomic mass is 127. The fourth-order valence-corrected chi connectivity index (χ4v) is 1.21. The predicted octanol–water partition coefficient (Wildman–Crippen LogP) is -3.83. The van der Waals surface area contributed by atoms with Crippen LogP contribution in [0.3, 0.4) is 0 Å². The lowest BCUT2D eigenvalue weighted by Crippen LogP contribution is -3.00. The number of amidine groups is 1. The molecule has 0 saturated carbocycles. The largest absolute Gasteiger partial charge is 1.00 e. The number of hydrogen-bond acceptors (Lipinski definition) is 2. The van der Waals surface area contributed by atoms with Crippen LogP contribution in [0.5, 0.6) is 0 Å². The standard InChI is InChI=1S/C9H14IN5.HI/c1-4-7(10)8(14-5-11)9(13-3)15-6-12-2;/h4-6H,1H2,2-3H3,(H2,11,14)(H,12,13,15);1H/b8-7+;. The number of aliphatic imine (C=N–C) groups is 2. The third kappa shape index (κ3) is 6.20. The van der Waals surface area contributed by atoms with Gasteiger partial charge in [-0.1, -0.05) is 12.7 Å². The van der Waals surface area contributed by atoms with Gasteiger partial charge in [-0.25, -0.2) is 10.3 Å². The number of allylic oxidation sites excluding steroid dienone is 2. The Morgan fingerprint density at radius 2 is 2.19 bits per heavy atom. The Morgan fingerprint density at radius 1 is 1.56 bits per heavy atom. The van der Waals surface area contributed by atoms with Gasteiger partial charge < -0.3 is 29.7 Å². The molecule has 0 aliphatic heterocycles. The Hall–Kier alpha value is -0.450. The molecule has 0 heterocycles. The Kier molecular flexibility index (Phi) is 12.4. The summed E-state index contributed by atoms with van der Waals surface area (Å²) >= 11 is 2.13. The molecule has 7 heteroatoms. The molecule has 0 bridgehead atoms. The molecule has 0 aromatic rings. The first-order valence-corrected chi connectivity index (χ1v) is 5.27. The van der Waals surface area contributed by atoms with Crippen molar-refractivity contribution in [1.82, 2.24) is 5.32 Å². The molecule has 16 heavy (non-hydrogen) atoms. The average Bonchev–Trinajstić information content (AvgIpc) is 2.27. The lowest BCUT2D eigenvalue weighted by molar-refractivity contribution is -0.421. The van der Waals surface area contributed by atoms with E-state index < -0.39 is 0 Å². The second-order valence-electron chi connectivity index (χ2n) is 2.34. The topological polar surface area (TPSA) is 76.7 Å². The van der Waals surface area contributed by atoms with E-state index in [0.29, 0.717) is 11.5 Å². The van der Waals surface area contributed by atoms with Gasteiger partial charge in [-0.2, -0.15) is 0 Å². The molecule has 0 fully saturated rings. The van der Waals surface area contributed by atoms with Gasteiger partial charge in [0.05, 0.1) is 13.4 Å². The minimum atomic E-state index is 0. The molecule has 5 nitrogen and oxygen atoms in total. The van der Waals surface area contributed by atoms with Crippen LogP contribution >= 0.6 is 22.6 Å². The predicted molar refractivity (Wildman–Crippen MR) is 73.4 cm³/mol.